The van der Waals surface area contributed by atoms with Crippen molar-refractivity contribution < 1.29 is 13.2 Å². The number of sulfonamides is 1. The van der Waals surface area contributed by atoms with E-state index in [4.69, 9.17) is 0 Å². The van der Waals surface area contributed by atoms with Crippen molar-refractivity contribution in [3.8, 4) is 0 Å². The molecule has 1 amide bonds. The van der Waals surface area contributed by atoms with Crippen molar-refractivity contribution in [3.05, 3.63) is 89.2 Å². The summed E-state index contributed by atoms with van der Waals surface area (Å²) in [6, 6.07) is 16.8. The van der Waals surface area contributed by atoms with Crippen molar-refractivity contribution in [1.82, 2.24) is 9.71 Å². The molecule has 28 heavy (non-hydrogen) atoms. The van der Waals surface area contributed by atoms with Gasteiger partial charge in [0, 0.05) is 17.4 Å². The molecule has 2 N–H and O–H groups in total. The molecule has 0 spiro atoms. The first kappa shape index (κ1) is 19.7. The van der Waals surface area contributed by atoms with E-state index >= 15 is 0 Å². The fourth-order valence-electron chi connectivity index (χ4n) is 2.62. The molecule has 0 aliphatic heterocycles. The number of carbonyl (C=O) groups excluding carboxylic acids is 1. The van der Waals surface area contributed by atoms with Crippen molar-refractivity contribution in [2.75, 3.05) is 5.32 Å². The standard InChI is InChI=1S/C21H21N3O3S/c1-15-6-5-8-20(16(15)2)24-21(25)17-9-11-19(12-10-17)28(26,27)23-14-18-7-3-4-13-22-18/h3-13,23H,14H2,1-2H3,(H,24,25). The first-order chi connectivity index (χ1) is 13.4. The van der Waals surface area contributed by atoms with Crippen LogP contribution in [0.5, 0.6) is 0 Å². The lowest BCUT2D eigenvalue weighted by atomic mass is 10.1. The van der Waals surface area contributed by atoms with Gasteiger partial charge in [0.15, 0.2) is 0 Å². The van der Waals surface area contributed by atoms with Crippen molar-refractivity contribution >= 4 is 21.6 Å². The van der Waals surface area contributed by atoms with Crippen LogP contribution in [0.2, 0.25) is 0 Å². The summed E-state index contributed by atoms with van der Waals surface area (Å²) in [7, 11) is -3.69. The molecule has 0 bridgehead atoms. The molecule has 0 radical (unpaired) electrons. The molecule has 0 saturated heterocycles. The number of rotatable bonds is 6. The summed E-state index contributed by atoms with van der Waals surface area (Å²) in [6.45, 7) is 4.01. The van der Waals surface area contributed by atoms with Gasteiger partial charge in [-0.15, -0.1) is 0 Å². The topological polar surface area (TPSA) is 88.2 Å². The van der Waals surface area contributed by atoms with Crippen LogP contribution < -0.4 is 10.0 Å². The Morgan fingerprint density at radius 2 is 1.71 bits per heavy atom. The van der Waals surface area contributed by atoms with Crippen molar-refractivity contribution in [2.45, 2.75) is 25.3 Å². The van der Waals surface area contributed by atoms with E-state index in [2.05, 4.69) is 15.0 Å². The van der Waals surface area contributed by atoms with Gasteiger partial charge in [-0.1, -0.05) is 18.2 Å². The van der Waals surface area contributed by atoms with Crippen LogP contribution in [0.25, 0.3) is 0 Å². The number of pyridine rings is 1. The SMILES string of the molecule is Cc1cccc(NC(=O)c2ccc(S(=O)(=O)NCc3ccccn3)cc2)c1C. The van der Waals surface area contributed by atoms with E-state index in [0.717, 1.165) is 16.8 Å². The summed E-state index contributed by atoms with van der Waals surface area (Å²) in [4.78, 5) is 16.6. The van der Waals surface area contributed by atoms with Gasteiger partial charge in [0.2, 0.25) is 10.0 Å². The van der Waals surface area contributed by atoms with Gasteiger partial charge in [-0.2, -0.15) is 0 Å². The fraction of sp³-hybridized carbons (Fsp3) is 0.143. The van der Waals surface area contributed by atoms with Gasteiger partial charge in [-0.05, 0) is 67.4 Å². The lowest BCUT2D eigenvalue weighted by molar-refractivity contribution is 0.102. The second kappa shape index (κ2) is 8.33. The molecule has 7 heteroatoms. The Balaban J connectivity index is 1.70. The molecular weight excluding hydrogens is 374 g/mol. The molecule has 0 saturated carbocycles. The Kier molecular flexibility index (Phi) is 5.87. The third-order valence-electron chi connectivity index (χ3n) is 4.45. The largest absolute Gasteiger partial charge is 0.322 e. The molecule has 0 atom stereocenters. The van der Waals surface area contributed by atoms with Gasteiger partial charge in [0.05, 0.1) is 17.1 Å². The first-order valence-corrected chi connectivity index (χ1v) is 10.2. The van der Waals surface area contributed by atoms with Gasteiger partial charge >= 0.3 is 0 Å². The molecule has 0 unspecified atom stereocenters. The highest BCUT2D eigenvalue weighted by molar-refractivity contribution is 7.89. The molecule has 0 aliphatic carbocycles. The Morgan fingerprint density at radius 1 is 0.964 bits per heavy atom. The fourth-order valence-corrected chi connectivity index (χ4v) is 3.62. The van der Waals surface area contributed by atoms with Crippen LogP contribution in [-0.2, 0) is 16.6 Å². The van der Waals surface area contributed by atoms with E-state index in [-0.39, 0.29) is 17.3 Å². The Morgan fingerprint density at radius 3 is 2.39 bits per heavy atom. The number of hydrogen-bond acceptors (Lipinski definition) is 4. The van der Waals surface area contributed by atoms with E-state index in [1.54, 1.807) is 24.4 Å². The summed E-state index contributed by atoms with van der Waals surface area (Å²) < 4.78 is 27.3. The second-order valence-corrected chi connectivity index (χ2v) is 8.14. The Hall–Kier alpha value is -3.03. The van der Waals surface area contributed by atoms with E-state index in [1.165, 1.54) is 24.3 Å². The van der Waals surface area contributed by atoms with Crippen LogP contribution in [0, 0.1) is 13.8 Å². The van der Waals surface area contributed by atoms with E-state index in [1.807, 2.05) is 32.0 Å². The number of aryl methyl sites for hydroxylation is 1. The highest BCUT2D eigenvalue weighted by atomic mass is 32.2. The molecule has 144 valence electrons. The number of amides is 1. The molecule has 3 aromatic rings. The maximum Gasteiger partial charge on any atom is 0.255 e. The third-order valence-corrected chi connectivity index (χ3v) is 5.87. The van der Waals surface area contributed by atoms with Crippen molar-refractivity contribution in [1.29, 1.82) is 0 Å². The monoisotopic (exact) mass is 395 g/mol. The third kappa shape index (κ3) is 4.62. The minimum absolute atomic E-state index is 0.0896. The minimum atomic E-state index is -3.69. The number of hydrogen-bond donors (Lipinski definition) is 2. The summed E-state index contributed by atoms with van der Waals surface area (Å²) in [5.41, 5.74) is 3.81. The molecule has 1 heterocycles. The molecule has 0 fully saturated rings. The Labute approximate surface area is 164 Å². The van der Waals surface area contributed by atoms with E-state index in [9.17, 15) is 13.2 Å². The van der Waals surface area contributed by atoms with Crippen LogP contribution >= 0.6 is 0 Å². The molecule has 6 nitrogen and oxygen atoms in total. The van der Waals surface area contributed by atoms with E-state index in [0.29, 0.717) is 11.3 Å². The van der Waals surface area contributed by atoms with E-state index < -0.39 is 10.0 Å². The van der Waals surface area contributed by atoms with Gasteiger partial charge < -0.3 is 5.32 Å². The Bertz CT molecular complexity index is 1080. The normalized spacial score (nSPS) is 11.2. The van der Waals surface area contributed by atoms with Crippen LogP contribution in [0.1, 0.15) is 27.2 Å². The zero-order valence-corrected chi connectivity index (χ0v) is 16.5. The number of nitrogens with one attached hydrogen (secondary N) is 2. The summed E-state index contributed by atoms with van der Waals surface area (Å²) in [5.74, 6) is -0.293. The molecule has 2 aromatic carbocycles. The van der Waals surface area contributed by atoms with Gasteiger partial charge in [-0.25, -0.2) is 13.1 Å². The smallest absolute Gasteiger partial charge is 0.255 e. The van der Waals surface area contributed by atoms with Gasteiger partial charge in [-0.3, -0.25) is 9.78 Å². The number of aromatic nitrogens is 1. The number of benzene rings is 2. The molecular formula is C21H21N3O3S. The highest BCUT2D eigenvalue weighted by Crippen LogP contribution is 2.19. The minimum Gasteiger partial charge on any atom is -0.322 e. The van der Waals surface area contributed by atoms with Gasteiger partial charge in [0.1, 0.15) is 0 Å². The summed E-state index contributed by atoms with van der Waals surface area (Å²) >= 11 is 0. The van der Waals surface area contributed by atoms with Gasteiger partial charge in [0.25, 0.3) is 5.91 Å². The second-order valence-electron chi connectivity index (χ2n) is 6.37. The molecule has 3 rings (SSSR count). The predicted molar refractivity (Wildman–Crippen MR) is 109 cm³/mol. The average Bonchev–Trinajstić information content (AvgIpc) is 2.71. The zero-order chi connectivity index (χ0) is 20.1. The summed E-state index contributed by atoms with van der Waals surface area (Å²) in [6.07, 6.45) is 1.60. The number of nitrogens with zero attached hydrogens (tertiary/aromatic N) is 1. The maximum atomic E-state index is 12.5. The highest BCUT2D eigenvalue weighted by Gasteiger charge is 2.15. The average molecular weight is 395 g/mol. The predicted octanol–water partition coefficient (Wildman–Crippen LogP) is 3.43. The number of anilines is 1. The maximum absolute atomic E-state index is 12.5. The first-order valence-electron chi connectivity index (χ1n) is 8.74. The van der Waals surface area contributed by atoms with Crippen LogP contribution in [0.15, 0.2) is 71.8 Å². The van der Waals surface area contributed by atoms with Crippen LogP contribution in [0.3, 0.4) is 0 Å². The van der Waals surface area contributed by atoms with Crippen LogP contribution in [-0.4, -0.2) is 19.3 Å². The summed E-state index contributed by atoms with van der Waals surface area (Å²) in [5, 5.41) is 2.86. The quantitative estimate of drug-likeness (QED) is 0.669. The molecule has 0 aliphatic rings. The lowest BCUT2D eigenvalue weighted by Crippen LogP contribution is -2.23. The van der Waals surface area contributed by atoms with Crippen LogP contribution in [0.4, 0.5) is 5.69 Å². The van der Waals surface area contributed by atoms with Crippen molar-refractivity contribution in [3.63, 3.8) is 0 Å². The van der Waals surface area contributed by atoms with Crippen molar-refractivity contribution in [2.24, 2.45) is 0 Å². The zero-order valence-electron chi connectivity index (χ0n) is 15.6. The number of carbonyl (C=O) groups is 1. The lowest BCUT2D eigenvalue weighted by Gasteiger charge is -2.11. The molecule has 1 aromatic heterocycles.